The average Bonchev–Trinajstić information content (AvgIpc) is 1.83. The Morgan fingerprint density at radius 1 is 1.55 bits per heavy atom. The van der Waals surface area contributed by atoms with Gasteiger partial charge in [0.2, 0.25) is 3.79 Å². The predicted octanol–water partition coefficient (Wildman–Crippen LogP) is 1.89. The first-order valence-electron chi connectivity index (χ1n) is 2.73. The fraction of sp³-hybridized carbons (Fsp3) is 0.800. The van der Waals surface area contributed by atoms with Crippen LogP contribution in [-0.2, 0) is 14.3 Å². The number of carbonyl (C=O) groups excluding carboxylic acids is 1. The van der Waals surface area contributed by atoms with Crippen molar-refractivity contribution >= 4 is 41.3 Å². The molecule has 0 rings (SSSR count). The van der Waals surface area contributed by atoms with Crippen LogP contribution in [-0.4, -0.2) is 23.2 Å². The standard InChI is InChI=1S/C5H7Cl3O3/c1-4(11-3-9)10-2-5(6,7)8/h3-4H,2H2,1H3. The third kappa shape index (κ3) is 8.20. The zero-order chi connectivity index (χ0) is 8.91. The first-order chi connectivity index (χ1) is 4.95. The van der Waals surface area contributed by atoms with Crippen LogP contribution in [0.1, 0.15) is 6.92 Å². The molecule has 66 valence electrons. The first-order valence-corrected chi connectivity index (χ1v) is 3.86. The molecule has 0 aromatic carbocycles. The molecular weight excluding hydrogens is 214 g/mol. The molecule has 1 atom stereocenters. The molecule has 0 aromatic heterocycles. The second-order valence-electron chi connectivity index (χ2n) is 1.73. The van der Waals surface area contributed by atoms with E-state index in [2.05, 4.69) is 4.74 Å². The highest BCUT2D eigenvalue weighted by Crippen LogP contribution is 2.26. The van der Waals surface area contributed by atoms with Crippen molar-refractivity contribution in [1.29, 1.82) is 0 Å². The highest BCUT2D eigenvalue weighted by molar-refractivity contribution is 6.67. The highest BCUT2D eigenvalue weighted by atomic mass is 35.6. The maximum atomic E-state index is 9.74. The van der Waals surface area contributed by atoms with Crippen LogP contribution in [0, 0.1) is 0 Å². The van der Waals surface area contributed by atoms with E-state index in [0.717, 1.165) is 0 Å². The van der Waals surface area contributed by atoms with Crippen molar-refractivity contribution < 1.29 is 14.3 Å². The lowest BCUT2D eigenvalue weighted by Crippen LogP contribution is -2.20. The zero-order valence-corrected chi connectivity index (χ0v) is 7.99. The van der Waals surface area contributed by atoms with Crippen LogP contribution in [0.3, 0.4) is 0 Å². The molecule has 0 aliphatic rings. The molecule has 0 aromatic rings. The summed E-state index contributed by atoms with van der Waals surface area (Å²) >= 11 is 16.0. The predicted molar refractivity (Wildman–Crippen MR) is 42.9 cm³/mol. The second kappa shape index (κ2) is 5.04. The fourth-order valence-electron chi connectivity index (χ4n) is 0.329. The Kier molecular flexibility index (Phi) is 5.17. The van der Waals surface area contributed by atoms with Crippen LogP contribution in [0.25, 0.3) is 0 Å². The van der Waals surface area contributed by atoms with E-state index < -0.39 is 10.1 Å². The van der Waals surface area contributed by atoms with Crippen LogP contribution in [0.4, 0.5) is 0 Å². The van der Waals surface area contributed by atoms with Gasteiger partial charge in [-0.05, 0) is 6.92 Å². The van der Waals surface area contributed by atoms with E-state index in [-0.39, 0.29) is 13.1 Å². The van der Waals surface area contributed by atoms with Crippen LogP contribution >= 0.6 is 34.8 Å². The molecule has 0 bridgehead atoms. The maximum Gasteiger partial charge on any atom is 0.295 e. The summed E-state index contributed by atoms with van der Waals surface area (Å²) in [6.45, 7) is 1.67. The SMILES string of the molecule is CC(OC=O)OCC(Cl)(Cl)Cl. The number of carbonyl (C=O) groups is 1. The quantitative estimate of drug-likeness (QED) is 0.413. The van der Waals surface area contributed by atoms with Gasteiger partial charge in [0, 0.05) is 0 Å². The van der Waals surface area contributed by atoms with E-state index >= 15 is 0 Å². The molecular formula is C5H7Cl3O3. The lowest BCUT2D eigenvalue weighted by molar-refractivity contribution is -0.158. The van der Waals surface area contributed by atoms with E-state index in [1.54, 1.807) is 0 Å². The third-order valence-corrected chi connectivity index (χ3v) is 1.06. The summed E-state index contributed by atoms with van der Waals surface area (Å²) in [5, 5.41) is 0. The zero-order valence-electron chi connectivity index (χ0n) is 5.72. The minimum Gasteiger partial charge on any atom is -0.438 e. The van der Waals surface area contributed by atoms with E-state index in [1.807, 2.05) is 0 Å². The minimum atomic E-state index is -1.47. The van der Waals surface area contributed by atoms with Crippen molar-refractivity contribution in [2.75, 3.05) is 6.61 Å². The summed E-state index contributed by atoms with van der Waals surface area (Å²) < 4.78 is 7.68. The number of halogens is 3. The van der Waals surface area contributed by atoms with Crippen molar-refractivity contribution in [3.8, 4) is 0 Å². The maximum absolute atomic E-state index is 9.74. The number of hydrogen-bond donors (Lipinski definition) is 0. The van der Waals surface area contributed by atoms with E-state index in [0.29, 0.717) is 0 Å². The van der Waals surface area contributed by atoms with Crippen LogP contribution in [0.5, 0.6) is 0 Å². The molecule has 0 N–H and O–H groups in total. The van der Waals surface area contributed by atoms with Crippen molar-refractivity contribution in [1.82, 2.24) is 0 Å². The van der Waals surface area contributed by atoms with Gasteiger partial charge in [0.15, 0.2) is 6.29 Å². The summed E-state index contributed by atoms with van der Waals surface area (Å²) in [7, 11) is 0. The van der Waals surface area contributed by atoms with Crippen molar-refractivity contribution in [2.24, 2.45) is 0 Å². The Bertz CT molecular complexity index is 123. The highest BCUT2D eigenvalue weighted by Gasteiger charge is 2.21. The Labute approximate surface area is 79.5 Å². The van der Waals surface area contributed by atoms with Crippen molar-refractivity contribution in [3.05, 3.63) is 0 Å². The Morgan fingerprint density at radius 3 is 2.45 bits per heavy atom. The molecule has 3 nitrogen and oxygen atoms in total. The Hall–Kier alpha value is 0.300. The molecule has 0 amide bonds. The third-order valence-electron chi connectivity index (χ3n) is 0.729. The van der Waals surface area contributed by atoms with Crippen LogP contribution in [0.15, 0.2) is 0 Å². The molecule has 6 heteroatoms. The van der Waals surface area contributed by atoms with Gasteiger partial charge in [0.05, 0.1) is 6.61 Å². The summed E-state index contributed by atoms with van der Waals surface area (Å²) in [5.41, 5.74) is 0. The summed E-state index contributed by atoms with van der Waals surface area (Å²) in [6, 6.07) is 0. The Morgan fingerprint density at radius 2 is 2.09 bits per heavy atom. The second-order valence-corrected chi connectivity index (χ2v) is 4.24. The molecule has 0 fully saturated rings. The molecule has 0 saturated heterocycles. The average molecular weight is 221 g/mol. The minimum absolute atomic E-state index is 0.118. The van der Waals surface area contributed by atoms with Gasteiger partial charge in [0.1, 0.15) is 0 Å². The number of ether oxygens (including phenoxy) is 2. The molecule has 0 radical (unpaired) electrons. The van der Waals surface area contributed by atoms with Gasteiger partial charge in [-0.15, -0.1) is 0 Å². The van der Waals surface area contributed by atoms with Gasteiger partial charge >= 0.3 is 0 Å². The monoisotopic (exact) mass is 220 g/mol. The smallest absolute Gasteiger partial charge is 0.295 e. The van der Waals surface area contributed by atoms with Gasteiger partial charge in [-0.3, -0.25) is 4.79 Å². The molecule has 0 aliphatic carbocycles. The van der Waals surface area contributed by atoms with Gasteiger partial charge in [0.25, 0.3) is 6.47 Å². The number of hydrogen-bond acceptors (Lipinski definition) is 3. The molecule has 0 aliphatic heterocycles. The normalized spacial score (nSPS) is 14.2. The molecule has 1 unspecified atom stereocenters. The van der Waals surface area contributed by atoms with Gasteiger partial charge in [-0.2, -0.15) is 0 Å². The fourth-order valence-corrected chi connectivity index (χ4v) is 0.518. The Balaban J connectivity index is 3.45. The molecule has 0 saturated carbocycles. The topological polar surface area (TPSA) is 35.5 Å². The number of alkyl halides is 3. The molecule has 11 heavy (non-hydrogen) atoms. The summed E-state index contributed by atoms with van der Waals surface area (Å²) in [6.07, 6.45) is -0.692. The summed E-state index contributed by atoms with van der Waals surface area (Å²) in [4.78, 5) is 9.74. The lowest BCUT2D eigenvalue weighted by Gasteiger charge is -2.14. The van der Waals surface area contributed by atoms with E-state index in [4.69, 9.17) is 39.5 Å². The molecule has 0 heterocycles. The van der Waals surface area contributed by atoms with Crippen molar-refractivity contribution in [2.45, 2.75) is 17.0 Å². The van der Waals surface area contributed by atoms with E-state index in [1.165, 1.54) is 6.92 Å². The lowest BCUT2D eigenvalue weighted by atomic mass is 10.7. The van der Waals surface area contributed by atoms with Gasteiger partial charge in [-0.25, -0.2) is 0 Å². The van der Waals surface area contributed by atoms with Gasteiger partial charge < -0.3 is 9.47 Å². The van der Waals surface area contributed by atoms with Crippen LogP contribution in [0.2, 0.25) is 0 Å². The van der Waals surface area contributed by atoms with Crippen LogP contribution < -0.4 is 0 Å². The van der Waals surface area contributed by atoms with Crippen molar-refractivity contribution in [3.63, 3.8) is 0 Å². The number of rotatable bonds is 4. The summed E-state index contributed by atoms with van der Waals surface area (Å²) in [5.74, 6) is 0. The van der Waals surface area contributed by atoms with Gasteiger partial charge in [-0.1, -0.05) is 34.8 Å². The largest absolute Gasteiger partial charge is 0.438 e. The first kappa shape index (κ1) is 11.3. The van der Waals surface area contributed by atoms with E-state index in [9.17, 15) is 4.79 Å². The molecule has 0 spiro atoms.